The summed E-state index contributed by atoms with van der Waals surface area (Å²) in [6.45, 7) is -3.57. The number of hydrogen-bond donors (Lipinski definition) is 1. The zero-order valence-electron chi connectivity index (χ0n) is 13.2. The molecule has 2 aromatic carbocycles. The predicted molar refractivity (Wildman–Crippen MR) is 90.2 cm³/mol. The van der Waals surface area contributed by atoms with E-state index in [9.17, 15) is 18.4 Å². The van der Waals surface area contributed by atoms with Gasteiger partial charge in [-0.2, -0.15) is 8.78 Å². The molecule has 0 aliphatic heterocycles. The first-order valence-corrected chi connectivity index (χ1v) is 8.37. The molecule has 25 heavy (non-hydrogen) atoms. The fourth-order valence-electron chi connectivity index (χ4n) is 1.98. The first-order valence-electron chi connectivity index (χ1n) is 7.15. The first kappa shape index (κ1) is 18.7. The molecule has 1 amide bonds. The molecule has 0 spiro atoms. The van der Waals surface area contributed by atoms with Gasteiger partial charge in [0, 0.05) is 4.90 Å². The highest BCUT2D eigenvalue weighted by Crippen LogP contribution is 2.25. The van der Waals surface area contributed by atoms with Gasteiger partial charge in [-0.1, -0.05) is 24.3 Å². The van der Waals surface area contributed by atoms with Gasteiger partial charge in [0.15, 0.2) is 6.61 Å². The number of esters is 1. The Morgan fingerprint density at radius 2 is 1.80 bits per heavy atom. The molecule has 0 bridgehead atoms. The Balaban J connectivity index is 1.96. The lowest BCUT2D eigenvalue weighted by molar-refractivity contribution is -0.119. The smallest absolute Gasteiger partial charge is 0.387 e. The monoisotopic (exact) mass is 367 g/mol. The van der Waals surface area contributed by atoms with Crippen LogP contribution in [0.2, 0.25) is 0 Å². The van der Waals surface area contributed by atoms with Crippen LogP contribution in [0.15, 0.2) is 53.4 Å². The van der Waals surface area contributed by atoms with Gasteiger partial charge in [-0.05, 0) is 30.5 Å². The van der Waals surface area contributed by atoms with Crippen molar-refractivity contribution in [3.05, 3.63) is 54.1 Å². The number of alkyl halides is 2. The topological polar surface area (TPSA) is 64.6 Å². The number of carbonyl (C=O) groups is 2. The Hall–Kier alpha value is -2.61. The second kappa shape index (κ2) is 9.03. The van der Waals surface area contributed by atoms with Crippen molar-refractivity contribution in [3.63, 3.8) is 0 Å². The summed E-state index contributed by atoms with van der Waals surface area (Å²) in [5.41, 5.74) is 0.414. The van der Waals surface area contributed by atoms with Crippen molar-refractivity contribution in [1.29, 1.82) is 0 Å². The van der Waals surface area contributed by atoms with Crippen LogP contribution in [0.3, 0.4) is 0 Å². The van der Waals surface area contributed by atoms with Gasteiger partial charge in [-0.3, -0.25) is 4.79 Å². The standard InChI is InChI=1S/C17H15F2NO4S/c1-25-14-9-5-2-6-11(14)16(22)23-10-15(21)20-12-7-3-4-8-13(12)24-17(18)19/h2-9,17H,10H2,1H3,(H,20,21). The zero-order chi connectivity index (χ0) is 18.2. The highest BCUT2D eigenvalue weighted by Gasteiger charge is 2.15. The van der Waals surface area contributed by atoms with Crippen LogP contribution < -0.4 is 10.1 Å². The summed E-state index contributed by atoms with van der Waals surface area (Å²) in [5.74, 6) is -1.48. The molecule has 0 aliphatic carbocycles. The molecule has 2 rings (SSSR count). The first-order chi connectivity index (χ1) is 12.0. The molecule has 5 nitrogen and oxygen atoms in total. The van der Waals surface area contributed by atoms with E-state index >= 15 is 0 Å². The summed E-state index contributed by atoms with van der Waals surface area (Å²) in [5, 5.41) is 2.37. The molecular formula is C17H15F2NO4S. The van der Waals surface area contributed by atoms with Gasteiger partial charge in [0.05, 0.1) is 11.3 Å². The predicted octanol–water partition coefficient (Wildman–Crippen LogP) is 3.81. The van der Waals surface area contributed by atoms with E-state index in [4.69, 9.17) is 4.74 Å². The summed E-state index contributed by atoms with van der Waals surface area (Å²) < 4.78 is 34.0. The molecule has 0 fully saturated rings. The van der Waals surface area contributed by atoms with Crippen LogP contribution in [0.1, 0.15) is 10.4 Å². The van der Waals surface area contributed by atoms with Gasteiger partial charge < -0.3 is 14.8 Å². The van der Waals surface area contributed by atoms with Gasteiger partial charge >= 0.3 is 12.6 Å². The molecule has 0 heterocycles. The minimum atomic E-state index is -3.01. The average molecular weight is 367 g/mol. The van der Waals surface area contributed by atoms with Crippen LogP contribution in [0.25, 0.3) is 0 Å². The van der Waals surface area contributed by atoms with Crippen molar-refractivity contribution >= 4 is 29.3 Å². The Bertz CT molecular complexity index is 755. The third kappa shape index (κ3) is 5.46. The van der Waals surface area contributed by atoms with Crippen molar-refractivity contribution in [3.8, 4) is 5.75 Å². The molecule has 2 aromatic rings. The number of para-hydroxylation sites is 2. The lowest BCUT2D eigenvalue weighted by atomic mass is 10.2. The van der Waals surface area contributed by atoms with Crippen LogP contribution in [-0.4, -0.2) is 31.4 Å². The molecule has 0 aliphatic rings. The van der Waals surface area contributed by atoms with Crippen LogP contribution in [0.4, 0.5) is 14.5 Å². The van der Waals surface area contributed by atoms with E-state index in [1.807, 2.05) is 6.26 Å². The summed E-state index contributed by atoms with van der Waals surface area (Å²) in [4.78, 5) is 24.7. The van der Waals surface area contributed by atoms with Crippen molar-refractivity contribution in [2.75, 3.05) is 18.2 Å². The Labute approximate surface area is 147 Å². The molecule has 132 valence electrons. The minimum absolute atomic E-state index is 0.0633. The van der Waals surface area contributed by atoms with E-state index in [1.165, 1.54) is 30.0 Å². The number of nitrogens with one attached hydrogen (secondary N) is 1. The second-order valence-corrected chi connectivity index (χ2v) is 5.55. The van der Waals surface area contributed by atoms with E-state index in [1.54, 1.807) is 30.3 Å². The highest BCUT2D eigenvalue weighted by molar-refractivity contribution is 7.98. The number of thioether (sulfide) groups is 1. The average Bonchev–Trinajstić information content (AvgIpc) is 2.61. The maximum atomic E-state index is 12.3. The molecule has 0 unspecified atom stereocenters. The molecule has 0 radical (unpaired) electrons. The number of benzene rings is 2. The van der Waals surface area contributed by atoms with E-state index in [2.05, 4.69) is 10.1 Å². The number of halogens is 2. The van der Waals surface area contributed by atoms with Crippen molar-refractivity contribution < 1.29 is 27.8 Å². The normalized spacial score (nSPS) is 10.4. The van der Waals surface area contributed by atoms with E-state index < -0.39 is 25.1 Å². The molecule has 0 saturated heterocycles. The summed E-state index contributed by atoms with van der Waals surface area (Å²) >= 11 is 1.38. The number of anilines is 1. The van der Waals surface area contributed by atoms with E-state index in [0.29, 0.717) is 5.56 Å². The van der Waals surface area contributed by atoms with Crippen LogP contribution in [-0.2, 0) is 9.53 Å². The molecular weight excluding hydrogens is 352 g/mol. The number of amides is 1. The number of carbonyl (C=O) groups excluding carboxylic acids is 2. The van der Waals surface area contributed by atoms with Gasteiger partial charge in [-0.15, -0.1) is 11.8 Å². The quantitative estimate of drug-likeness (QED) is 0.596. The number of ether oxygens (including phenoxy) is 2. The van der Waals surface area contributed by atoms with Crippen LogP contribution in [0.5, 0.6) is 5.75 Å². The summed E-state index contributed by atoms with van der Waals surface area (Å²) in [6.07, 6.45) is 1.82. The SMILES string of the molecule is CSc1ccccc1C(=O)OCC(=O)Nc1ccccc1OC(F)F. The van der Waals surface area contributed by atoms with Gasteiger partial charge in [-0.25, -0.2) is 4.79 Å². The van der Waals surface area contributed by atoms with Crippen molar-refractivity contribution in [1.82, 2.24) is 0 Å². The van der Waals surface area contributed by atoms with Crippen LogP contribution >= 0.6 is 11.8 Å². The molecule has 0 atom stereocenters. The third-order valence-electron chi connectivity index (χ3n) is 3.04. The molecule has 1 N–H and O–H groups in total. The third-order valence-corrected chi connectivity index (χ3v) is 3.83. The van der Waals surface area contributed by atoms with Gasteiger partial charge in [0.2, 0.25) is 0 Å². The maximum Gasteiger partial charge on any atom is 0.387 e. The number of hydrogen-bond acceptors (Lipinski definition) is 5. The van der Waals surface area contributed by atoms with E-state index in [0.717, 1.165) is 4.90 Å². The maximum absolute atomic E-state index is 12.3. The number of rotatable bonds is 7. The molecule has 0 aromatic heterocycles. The minimum Gasteiger partial charge on any atom is -0.452 e. The Kier molecular flexibility index (Phi) is 6.76. The molecule has 0 saturated carbocycles. The largest absolute Gasteiger partial charge is 0.452 e. The van der Waals surface area contributed by atoms with Gasteiger partial charge in [0.25, 0.3) is 5.91 Å². The molecule has 8 heteroatoms. The Morgan fingerprint density at radius 1 is 1.12 bits per heavy atom. The van der Waals surface area contributed by atoms with Gasteiger partial charge in [0.1, 0.15) is 5.75 Å². The lowest BCUT2D eigenvalue weighted by Gasteiger charge is -2.12. The van der Waals surface area contributed by atoms with Crippen LogP contribution in [0, 0.1) is 0 Å². The van der Waals surface area contributed by atoms with E-state index in [-0.39, 0.29) is 11.4 Å². The summed E-state index contributed by atoms with van der Waals surface area (Å²) in [7, 11) is 0. The second-order valence-electron chi connectivity index (χ2n) is 4.70. The summed E-state index contributed by atoms with van der Waals surface area (Å²) in [6, 6.07) is 12.6. The highest BCUT2D eigenvalue weighted by atomic mass is 32.2. The Morgan fingerprint density at radius 3 is 2.52 bits per heavy atom. The fraction of sp³-hybridized carbons (Fsp3) is 0.176. The lowest BCUT2D eigenvalue weighted by Crippen LogP contribution is -2.21. The van der Waals surface area contributed by atoms with Crippen molar-refractivity contribution in [2.45, 2.75) is 11.5 Å². The zero-order valence-corrected chi connectivity index (χ0v) is 14.0. The fourth-order valence-corrected chi connectivity index (χ4v) is 2.56. The van der Waals surface area contributed by atoms with Crippen molar-refractivity contribution in [2.24, 2.45) is 0 Å².